The molecule has 0 aromatic carbocycles. The van der Waals surface area contributed by atoms with Crippen LogP contribution in [-0.4, -0.2) is 52.9 Å². The molecule has 2 heterocycles. The van der Waals surface area contributed by atoms with Gasteiger partial charge in [-0.1, -0.05) is 0 Å². The number of nitrogens with one attached hydrogen (secondary N) is 1. The summed E-state index contributed by atoms with van der Waals surface area (Å²) < 4.78 is 31.6. The summed E-state index contributed by atoms with van der Waals surface area (Å²) in [5.74, 6) is 0. The number of aliphatic hydroxyl groups is 1. The van der Waals surface area contributed by atoms with Gasteiger partial charge in [-0.3, -0.25) is 14.3 Å². The summed E-state index contributed by atoms with van der Waals surface area (Å²) in [7, 11) is 0. The first-order valence-corrected chi connectivity index (χ1v) is 6.58. The third-order valence-corrected chi connectivity index (χ3v) is 3.47. The Hall–Kier alpha value is -1.51. The number of alkyl halides is 1. The molecule has 0 saturated carbocycles. The normalized spacial score (nSPS) is 30.1. The Morgan fingerprint density at radius 1 is 1.67 bits per heavy atom. The van der Waals surface area contributed by atoms with Crippen molar-refractivity contribution in [3.05, 3.63) is 32.6 Å². The van der Waals surface area contributed by atoms with E-state index in [4.69, 9.17) is 10.8 Å². The van der Waals surface area contributed by atoms with Crippen LogP contribution >= 0.6 is 0 Å². The van der Waals surface area contributed by atoms with E-state index in [1.807, 2.05) is 0 Å². The van der Waals surface area contributed by atoms with Gasteiger partial charge in [-0.25, -0.2) is 9.18 Å². The second-order valence-corrected chi connectivity index (χ2v) is 4.93. The van der Waals surface area contributed by atoms with Crippen LogP contribution in [0.25, 0.3) is 0 Å². The number of hydrogen-bond donors (Lipinski definition) is 2. The number of aryl methyl sites for hydroxylation is 1. The van der Waals surface area contributed by atoms with E-state index >= 15 is 0 Å². The minimum atomic E-state index is -1.16. The molecule has 1 saturated heterocycles. The number of aliphatic hydroxyl groups excluding tert-OH is 1. The van der Waals surface area contributed by atoms with Gasteiger partial charge < -0.3 is 14.6 Å². The van der Waals surface area contributed by atoms with Gasteiger partial charge in [0.1, 0.15) is 18.9 Å². The Balaban J connectivity index is 2.36. The Bertz CT molecular complexity index is 619. The summed E-state index contributed by atoms with van der Waals surface area (Å²) in [6.07, 6.45) is -1.47. The molecule has 7 nitrogen and oxygen atoms in total. The van der Waals surface area contributed by atoms with Gasteiger partial charge in [0.2, 0.25) is 0 Å². The van der Waals surface area contributed by atoms with Crippen molar-refractivity contribution in [3.8, 4) is 0 Å². The van der Waals surface area contributed by atoms with E-state index in [9.17, 15) is 19.1 Å². The second kappa shape index (κ2) is 6.50. The average Bonchev–Trinajstić information content (AvgIpc) is 2.49. The predicted molar refractivity (Wildman–Crippen MR) is 72.2 cm³/mol. The zero-order valence-corrected chi connectivity index (χ0v) is 11.6. The lowest BCUT2D eigenvalue weighted by molar-refractivity contribution is -0.173. The van der Waals surface area contributed by atoms with Crippen LogP contribution in [0.2, 0.25) is 0 Å². The number of H-pyrrole nitrogens is 1. The summed E-state index contributed by atoms with van der Waals surface area (Å²) in [6, 6.07) is -0.715. The maximum Gasteiger partial charge on any atom is 0.328 e. The lowest BCUT2D eigenvalue weighted by atomic mass is 9.98. The predicted octanol–water partition coefficient (Wildman–Crippen LogP) is -0.480. The quantitative estimate of drug-likeness (QED) is 0.783. The summed E-state index contributed by atoms with van der Waals surface area (Å²) in [5.41, 5.74) is -0.834. The highest BCUT2D eigenvalue weighted by Crippen LogP contribution is 2.26. The largest absolute Gasteiger partial charge is 0.388 e. The zero-order chi connectivity index (χ0) is 16.3. The molecule has 1 aliphatic heterocycles. The van der Waals surface area contributed by atoms with Gasteiger partial charge in [0.15, 0.2) is 0 Å². The van der Waals surface area contributed by atoms with Crippen LogP contribution in [-0.2, 0) is 9.47 Å². The van der Waals surface area contributed by atoms with Crippen molar-refractivity contribution in [1.82, 2.24) is 9.55 Å². The maximum atomic E-state index is 12.4. The van der Waals surface area contributed by atoms with E-state index < -0.39 is 42.3 Å². The zero-order valence-electron chi connectivity index (χ0n) is 12.6. The Labute approximate surface area is 121 Å². The van der Waals surface area contributed by atoms with Crippen molar-refractivity contribution in [2.45, 2.75) is 38.2 Å². The molecule has 0 spiro atoms. The smallest absolute Gasteiger partial charge is 0.328 e. The first kappa shape index (κ1) is 14.4. The van der Waals surface area contributed by atoms with E-state index in [0.29, 0.717) is 5.56 Å². The maximum absolute atomic E-state index is 12.4. The molecule has 1 aliphatic rings. The molecular formula is C13H19FN2O5. The van der Waals surface area contributed by atoms with Crippen LogP contribution in [0.3, 0.4) is 0 Å². The summed E-state index contributed by atoms with van der Waals surface area (Å²) in [4.78, 5) is 25.6. The number of nitrogens with zero attached hydrogens (tertiary/aromatic N) is 1. The molecule has 1 fully saturated rings. The highest BCUT2D eigenvalue weighted by molar-refractivity contribution is 5.03. The molecule has 0 amide bonds. The lowest BCUT2D eigenvalue weighted by Crippen LogP contribution is -2.53. The van der Waals surface area contributed by atoms with Crippen molar-refractivity contribution in [1.29, 1.82) is 0 Å². The van der Waals surface area contributed by atoms with Crippen molar-refractivity contribution >= 4 is 0 Å². The first-order chi connectivity index (χ1) is 10.5. The molecule has 0 radical (unpaired) electrons. The average molecular weight is 303 g/mol. The monoisotopic (exact) mass is 303 g/mol. The molecule has 0 unspecified atom stereocenters. The molecule has 118 valence electrons. The number of rotatable bonds is 4. The molecule has 2 N–H and O–H groups in total. The summed E-state index contributed by atoms with van der Waals surface area (Å²) in [5, 5.41) is 10.2. The van der Waals surface area contributed by atoms with Gasteiger partial charge in [0.25, 0.3) is 5.56 Å². The molecular weight excluding hydrogens is 283 g/mol. The lowest BCUT2D eigenvalue weighted by Gasteiger charge is -2.39. The molecule has 4 atom stereocenters. The number of halogens is 1. The molecule has 2 rings (SSSR count). The number of aromatic amines is 1. The van der Waals surface area contributed by atoms with Gasteiger partial charge in [-0.15, -0.1) is 0 Å². The van der Waals surface area contributed by atoms with Crippen molar-refractivity contribution < 1.29 is 20.3 Å². The molecule has 0 aliphatic carbocycles. The molecule has 21 heavy (non-hydrogen) atoms. The number of ether oxygens (including phenoxy) is 2. The Morgan fingerprint density at radius 2 is 2.43 bits per heavy atom. The highest BCUT2D eigenvalue weighted by atomic mass is 19.1. The van der Waals surface area contributed by atoms with Crippen LogP contribution in [0.1, 0.15) is 19.9 Å². The fourth-order valence-corrected chi connectivity index (χ4v) is 2.32. The first-order valence-electron chi connectivity index (χ1n) is 7.28. The second-order valence-electron chi connectivity index (χ2n) is 4.93. The molecule has 1 aromatic rings. The minimum Gasteiger partial charge on any atom is -0.388 e. The Kier molecular flexibility index (Phi) is 4.47. The molecule has 8 heteroatoms. The van der Waals surface area contributed by atoms with E-state index in [1.165, 1.54) is 10.8 Å². The van der Waals surface area contributed by atoms with Crippen molar-refractivity contribution in [2.75, 3.05) is 19.9 Å². The van der Waals surface area contributed by atoms with E-state index in [2.05, 4.69) is 4.98 Å². The highest BCUT2D eigenvalue weighted by Gasteiger charge is 2.39. The van der Waals surface area contributed by atoms with Crippen molar-refractivity contribution in [2.24, 2.45) is 0 Å². The summed E-state index contributed by atoms with van der Waals surface area (Å²) in [6.45, 7) is 0.409. The number of hydrogen-bond acceptors (Lipinski definition) is 5. The standard InChI is InChI=1S/C13H19FN2O5/c1-7-5-16(13(19)15-12(7)18)9-6-21-8(2)10(17)11(9)20-4-3-14/h5,8-11,17H,3-4,6H2,1-2H3,(H,15,18,19)/t8-,9-,10-,11+/m1/s1/i2D. The van der Waals surface area contributed by atoms with Gasteiger partial charge >= 0.3 is 5.69 Å². The fraction of sp³-hybridized carbons (Fsp3) is 0.692. The van der Waals surface area contributed by atoms with Crippen LogP contribution in [0.5, 0.6) is 0 Å². The van der Waals surface area contributed by atoms with E-state index in [0.717, 1.165) is 0 Å². The van der Waals surface area contributed by atoms with Crippen LogP contribution < -0.4 is 11.2 Å². The third-order valence-electron chi connectivity index (χ3n) is 3.47. The van der Waals surface area contributed by atoms with Crippen molar-refractivity contribution in [3.63, 3.8) is 0 Å². The van der Waals surface area contributed by atoms with Gasteiger partial charge in [0, 0.05) is 13.1 Å². The Morgan fingerprint density at radius 3 is 3.10 bits per heavy atom. The molecule has 0 bridgehead atoms. The number of aromatic nitrogens is 2. The topological polar surface area (TPSA) is 93.6 Å². The molecule has 1 aromatic heterocycles. The minimum absolute atomic E-state index is 0.0168. The van der Waals surface area contributed by atoms with Crippen LogP contribution in [0.4, 0.5) is 4.39 Å². The van der Waals surface area contributed by atoms with Crippen LogP contribution in [0.15, 0.2) is 15.8 Å². The third kappa shape index (κ3) is 3.22. The summed E-state index contributed by atoms with van der Waals surface area (Å²) >= 11 is 0. The fourth-order valence-electron chi connectivity index (χ4n) is 2.32. The SMILES string of the molecule is [2H]C[C@H]1OC[C@@H](n2cc(C)c(=O)[nH]c2=O)[C@H](OCCF)[C@@H]1O. The van der Waals surface area contributed by atoms with Gasteiger partial charge in [-0.05, 0) is 13.8 Å². The van der Waals surface area contributed by atoms with E-state index in [-0.39, 0.29) is 20.1 Å². The van der Waals surface area contributed by atoms with Crippen LogP contribution in [0, 0.1) is 6.92 Å². The van der Waals surface area contributed by atoms with Gasteiger partial charge in [0.05, 0.1) is 25.4 Å². The van der Waals surface area contributed by atoms with E-state index in [1.54, 1.807) is 6.92 Å². The van der Waals surface area contributed by atoms with Gasteiger partial charge in [-0.2, -0.15) is 0 Å².